The lowest BCUT2D eigenvalue weighted by molar-refractivity contribution is 0.0538. The molecule has 0 bridgehead atoms. The summed E-state index contributed by atoms with van der Waals surface area (Å²) >= 11 is 7.68. The van der Waals surface area contributed by atoms with Gasteiger partial charge in [-0.05, 0) is 30.3 Å². The van der Waals surface area contributed by atoms with E-state index in [4.69, 9.17) is 16.4 Å². The first-order chi connectivity index (χ1) is 14.9. The molecule has 2 heterocycles. The van der Waals surface area contributed by atoms with Gasteiger partial charge in [0, 0.05) is 30.6 Å². The lowest BCUT2D eigenvalue weighted by Gasteiger charge is -2.21. The van der Waals surface area contributed by atoms with Crippen LogP contribution in [-0.4, -0.2) is 36.3 Å². The molecular formula is C20H20ClFN6O2S. The van der Waals surface area contributed by atoms with Gasteiger partial charge in [0.2, 0.25) is 0 Å². The van der Waals surface area contributed by atoms with E-state index >= 15 is 0 Å². The molecule has 1 amide bonds. The van der Waals surface area contributed by atoms with Crippen molar-refractivity contribution < 1.29 is 14.0 Å². The number of carbonyl (C=O) groups is 1. The van der Waals surface area contributed by atoms with Crippen LogP contribution in [0.25, 0.3) is 0 Å². The summed E-state index contributed by atoms with van der Waals surface area (Å²) in [6.07, 6.45) is 4.43. The van der Waals surface area contributed by atoms with Crippen LogP contribution in [-0.2, 0) is 4.84 Å². The average molecular weight is 463 g/mol. The minimum atomic E-state index is -0.474. The highest BCUT2D eigenvalue weighted by Gasteiger charge is 2.16. The molecule has 2 aromatic heterocycles. The van der Waals surface area contributed by atoms with E-state index in [2.05, 4.69) is 26.1 Å². The van der Waals surface area contributed by atoms with Gasteiger partial charge in [-0.3, -0.25) is 9.63 Å². The number of carbonyl (C=O) groups excluding carboxylic acids is 1. The van der Waals surface area contributed by atoms with Crippen LogP contribution in [0.2, 0.25) is 5.02 Å². The van der Waals surface area contributed by atoms with Crippen LogP contribution in [0, 0.1) is 5.82 Å². The number of benzene rings is 1. The number of hydroxylamine groups is 1. The summed E-state index contributed by atoms with van der Waals surface area (Å²) in [6.45, 7) is 0. The number of rotatable bonds is 8. The number of hydrogen-bond acceptors (Lipinski definition) is 8. The van der Waals surface area contributed by atoms with E-state index in [0.717, 1.165) is 17.6 Å². The Morgan fingerprint density at radius 2 is 1.87 bits per heavy atom. The summed E-state index contributed by atoms with van der Waals surface area (Å²) in [5.41, 5.74) is 4.56. The number of nitrogens with zero attached hydrogens (tertiary/aromatic N) is 3. The molecule has 0 aliphatic rings. The number of amides is 1. The van der Waals surface area contributed by atoms with Crippen LogP contribution in [0.5, 0.6) is 0 Å². The van der Waals surface area contributed by atoms with Crippen molar-refractivity contribution >= 4 is 58.2 Å². The zero-order chi connectivity index (χ0) is 22.4. The first-order valence-electron chi connectivity index (χ1n) is 8.97. The van der Waals surface area contributed by atoms with Gasteiger partial charge in [-0.2, -0.15) is 0 Å². The third kappa shape index (κ3) is 5.75. The normalized spacial score (nSPS) is 10.5. The molecular weight excluding hydrogens is 443 g/mol. The standard InChI is InChI=1S/C20H20ClFN6O2S/c1-28(31-3)17-8-12(21)4-6-15(17)25-16-9-19(24-11-14(16)20(29)27-30-2)26-18-7-5-13(22)10-23-18/h4-11H,1-3H3,(H,27,29)(H2,23,24,25,26). The Labute approximate surface area is 188 Å². The molecule has 3 rings (SSSR count). The summed E-state index contributed by atoms with van der Waals surface area (Å²) in [7, 11) is 3.25. The number of pyridine rings is 2. The van der Waals surface area contributed by atoms with Crippen molar-refractivity contribution in [1.29, 1.82) is 0 Å². The largest absolute Gasteiger partial charge is 0.353 e. The van der Waals surface area contributed by atoms with Gasteiger partial charge in [-0.25, -0.2) is 19.8 Å². The van der Waals surface area contributed by atoms with E-state index in [1.807, 2.05) is 29.7 Å². The van der Waals surface area contributed by atoms with Gasteiger partial charge in [0.1, 0.15) is 17.5 Å². The van der Waals surface area contributed by atoms with Gasteiger partial charge in [-0.1, -0.05) is 23.5 Å². The Morgan fingerprint density at radius 1 is 1.10 bits per heavy atom. The average Bonchev–Trinajstić information content (AvgIpc) is 2.76. The van der Waals surface area contributed by atoms with Gasteiger partial charge >= 0.3 is 0 Å². The van der Waals surface area contributed by atoms with E-state index in [9.17, 15) is 9.18 Å². The molecule has 31 heavy (non-hydrogen) atoms. The van der Waals surface area contributed by atoms with Gasteiger partial charge in [0.15, 0.2) is 0 Å². The summed E-state index contributed by atoms with van der Waals surface area (Å²) in [6, 6.07) is 9.80. The second kappa shape index (κ2) is 10.3. The third-order valence-electron chi connectivity index (χ3n) is 4.17. The number of aromatic nitrogens is 2. The Morgan fingerprint density at radius 3 is 2.55 bits per heavy atom. The molecule has 8 nitrogen and oxygen atoms in total. The molecule has 0 saturated carbocycles. The highest BCUT2D eigenvalue weighted by Crippen LogP contribution is 2.35. The van der Waals surface area contributed by atoms with Crippen molar-refractivity contribution in [2.24, 2.45) is 0 Å². The monoisotopic (exact) mass is 462 g/mol. The first kappa shape index (κ1) is 22.6. The van der Waals surface area contributed by atoms with E-state index in [1.165, 1.54) is 37.4 Å². The van der Waals surface area contributed by atoms with Gasteiger partial charge < -0.3 is 14.9 Å². The van der Waals surface area contributed by atoms with Crippen LogP contribution in [0.3, 0.4) is 0 Å². The highest BCUT2D eigenvalue weighted by atomic mass is 35.5. The summed E-state index contributed by atoms with van der Waals surface area (Å²) in [5.74, 6) is -0.106. The van der Waals surface area contributed by atoms with Gasteiger partial charge in [-0.15, -0.1) is 0 Å². The maximum absolute atomic E-state index is 13.1. The first-order valence-corrected chi connectivity index (χ1v) is 10.5. The number of anilines is 5. The van der Waals surface area contributed by atoms with Crippen molar-refractivity contribution in [1.82, 2.24) is 15.4 Å². The quantitative estimate of drug-likeness (QED) is 0.326. The van der Waals surface area contributed by atoms with Gasteiger partial charge in [0.25, 0.3) is 5.91 Å². The zero-order valence-electron chi connectivity index (χ0n) is 16.9. The van der Waals surface area contributed by atoms with Crippen molar-refractivity contribution in [3.8, 4) is 0 Å². The number of nitrogens with one attached hydrogen (secondary N) is 3. The van der Waals surface area contributed by atoms with E-state index in [0.29, 0.717) is 22.3 Å². The lowest BCUT2D eigenvalue weighted by Crippen LogP contribution is -2.23. The van der Waals surface area contributed by atoms with Crippen molar-refractivity contribution in [3.63, 3.8) is 0 Å². The fourth-order valence-corrected chi connectivity index (χ4v) is 3.17. The molecule has 3 aromatic rings. The number of hydrogen-bond donors (Lipinski definition) is 3. The van der Waals surface area contributed by atoms with Crippen molar-refractivity contribution in [2.75, 3.05) is 35.4 Å². The minimum absolute atomic E-state index is 0.257. The van der Waals surface area contributed by atoms with Crippen LogP contribution >= 0.6 is 23.5 Å². The van der Waals surface area contributed by atoms with Gasteiger partial charge in [0.05, 0.1) is 35.9 Å². The Hall–Kier alpha value is -3.08. The maximum Gasteiger partial charge on any atom is 0.278 e. The number of halogens is 2. The molecule has 0 radical (unpaired) electrons. The van der Waals surface area contributed by atoms with Crippen LogP contribution in [0.15, 0.2) is 48.8 Å². The van der Waals surface area contributed by atoms with E-state index in [-0.39, 0.29) is 5.56 Å². The summed E-state index contributed by atoms with van der Waals surface area (Å²) < 4.78 is 15.1. The minimum Gasteiger partial charge on any atom is -0.353 e. The molecule has 162 valence electrons. The molecule has 3 N–H and O–H groups in total. The molecule has 0 atom stereocenters. The molecule has 0 spiro atoms. The lowest BCUT2D eigenvalue weighted by atomic mass is 10.2. The van der Waals surface area contributed by atoms with Crippen molar-refractivity contribution in [3.05, 3.63) is 65.2 Å². The second-order valence-corrected chi connectivity index (χ2v) is 7.55. The van der Waals surface area contributed by atoms with E-state index < -0.39 is 11.7 Å². The highest BCUT2D eigenvalue weighted by molar-refractivity contribution is 7.99. The fourth-order valence-electron chi connectivity index (χ4n) is 2.65. The Balaban J connectivity index is 1.99. The fraction of sp³-hybridized carbons (Fsp3) is 0.150. The van der Waals surface area contributed by atoms with Crippen LogP contribution in [0.4, 0.5) is 33.1 Å². The molecule has 0 fully saturated rings. The van der Waals surface area contributed by atoms with E-state index in [1.54, 1.807) is 12.1 Å². The zero-order valence-corrected chi connectivity index (χ0v) is 18.5. The van der Waals surface area contributed by atoms with Crippen molar-refractivity contribution in [2.45, 2.75) is 0 Å². The molecule has 0 saturated heterocycles. The summed E-state index contributed by atoms with van der Waals surface area (Å²) in [5, 5.41) is 6.84. The second-order valence-electron chi connectivity index (χ2n) is 6.20. The molecule has 11 heteroatoms. The molecule has 0 aliphatic carbocycles. The van der Waals surface area contributed by atoms with Crippen LogP contribution < -0.4 is 20.4 Å². The molecule has 0 unspecified atom stereocenters. The molecule has 1 aromatic carbocycles. The molecule has 0 aliphatic heterocycles. The Bertz CT molecular complexity index is 1070. The summed E-state index contributed by atoms with van der Waals surface area (Å²) in [4.78, 5) is 25.4. The smallest absolute Gasteiger partial charge is 0.278 e. The predicted molar refractivity (Wildman–Crippen MR) is 123 cm³/mol. The SMILES string of the molecule is CONC(=O)c1cnc(Nc2ccc(F)cn2)cc1Nc1ccc(Cl)cc1N(C)SC. The third-order valence-corrected chi connectivity index (χ3v) is 5.15. The van der Waals surface area contributed by atoms with Crippen LogP contribution in [0.1, 0.15) is 10.4 Å². The Kier molecular flexibility index (Phi) is 7.50. The topological polar surface area (TPSA) is 91.4 Å². The maximum atomic E-state index is 13.1. The predicted octanol–water partition coefficient (Wildman–Crippen LogP) is 4.76.